The number of rotatable bonds is 12. The summed E-state index contributed by atoms with van der Waals surface area (Å²) in [5, 5.41) is 14.3. The number of nitrogens with one attached hydrogen (secondary N) is 2. The molecule has 1 saturated heterocycles. The van der Waals surface area contributed by atoms with E-state index in [4.69, 9.17) is 19.6 Å². The van der Waals surface area contributed by atoms with Crippen LogP contribution in [0.2, 0.25) is 0 Å². The highest BCUT2D eigenvalue weighted by Gasteiger charge is 2.23. The number of aliphatic hydroxyl groups is 1. The Morgan fingerprint density at radius 2 is 1.86 bits per heavy atom. The normalized spacial score (nSPS) is 16.0. The number of thiophene rings is 1. The van der Waals surface area contributed by atoms with E-state index in [2.05, 4.69) is 31.5 Å². The summed E-state index contributed by atoms with van der Waals surface area (Å²) in [5.41, 5.74) is 3.11. The van der Waals surface area contributed by atoms with Crippen LogP contribution < -0.4 is 15.4 Å². The number of benzene rings is 1. The summed E-state index contributed by atoms with van der Waals surface area (Å²) in [5.74, 6) is -0.00584. The predicted molar refractivity (Wildman–Crippen MR) is 164 cm³/mol. The number of fused-ring (bicyclic) bond motifs is 1. The van der Waals surface area contributed by atoms with E-state index in [9.17, 15) is 9.18 Å². The van der Waals surface area contributed by atoms with Gasteiger partial charge in [0.05, 0.1) is 40.6 Å². The zero-order valence-corrected chi connectivity index (χ0v) is 24.6. The molecule has 2 aliphatic rings. The first-order chi connectivity index (χ1) is 21.0. The van der Waals surface area contributed by atoms with Gasteiger partial charge in [-0.15, -0.1) is 11.3 Å². The molecule has 6 rings (SSSR count). The molecule has 3 aromatic heterocycles. The minimum Gasteiger partial charge on any atom is -0.453 e. The van der Waals surface area contributed by atoms with Gasteiger partial charge in [-0.05, 0) is 42.7 Å². The third-order valence-electron chi connectivity index (χ3n) is 7.43. The lowest BCUT2D eigenvalue weighted by Gasteiger charge is -2.34. The number of piperazine rings is 1. The third kappa shape index (κ3) is 7.84. The minimum absolute atomic E-state index is 0.0638. The van der Waals surface area contributed by atoms with Crippen molar-refractivity contribution in [2.45, 2.75) is 25.4 Å². The van der Waals surface area contributed by atoms with Crippen molar-refractivity contribution in [2.24, 2.45) is 0 Å². The molecule has 226 valence electrons. The van der Waals surface area contributed by atoms with Gasteiger partial charge in [0.25, 0.3) is 0 Å². The molecular formula is C31H35FN6O4S. The van der Waals surface area contributed by atoms with Gasteiger partial charge in [-0.25, -0.2) is 9.18 Å². The summed E-state index contributed by atoms with van der Waals surface area (Å²) in [6, 6.07) is 12.1. The number of carbonyl (C=O) groups is 1. The van der Waals surface area contributed by atoms with E-state index in [1.54, 1.807) is 18.3 Å². The minimum atomic E-state index is -0.573. The molecule has 2 fully saturated rings. The van der Waals surface area contributed by atoms with Crippen LogP contribution in [0, 0.1) is 5.82 Å². The van der Waals surface area contributed by atoms with Gasteiger partial charge < -0.3 is 25.2 Å². The van der Waals surface area contributed by atoms with Gasteiger partial charge in [0.2, 0.25) is 0 Å². The molecule has 0 radical (unpaired) electrons. The molecule has 1 aliphatic heterocycles. The predicted octanol–water partition coefficient (Wildman–Crippen LogP) is 4.70. The number of aromatic nitrogens is 2. The summed E-state index contributed by atoms with van der Waals surface area (Å²) < 4.78 is 27.0. The van der Waals surface area contributed by atoms with Crippen molar-refractivity contribution in [3.63, 3.8) is 0 Å². The second-order valence-electron chi connectivity index (χ2n) is 10.8. The first kappa shape index (κ1) is 29.4. The van der Waals surface area contributed by atoms with Gasteiger partial charge in [0.1, 0.15) is 5.75 Å². The maximum atomic E-state index is 14.9. The molecule has 2 amide bonds. The molecule has 0 unspecified atom stereocenters. The Hall–Kier alpha value is -3.68. The lowest BCUT2D eigenvalue weighted by molar-refractivity contribution is 0.0563. The number of halogens is 1. The fraction of sp³-hybridized carbons (Fsp3) is 0.387. The van der Waals surface area contributed by atoms with Gasteiger partial charge in [0, 0.05) is 75.5 Å². The molecule has 43 heavy (non-hydrogen) atoms. The van der Waals surface area contributed by atoms with Crippen molar-refractivity contribution in [1.29, 1.82) is 0 Å². The average molecular weight is 607 g/mol. The largest absolute Gasteiger partial charge is 0.453 e. The van der Waals surface area contributed by atoms with Crippen LogP contribution in [-0.4, -0.2) is 89.5 Å². The lowest BCUT2D eigenvalue weighted by Crippen LogP contribution is -2.46. The first-order valence-corrected chi connectivity index (χ1v) is 15.4. The van der Waals surface area contributed by atoms with Crippen LogP contribution in [0.1, 0.15) is 18.4 Å². The number of amides is 2. The Bertz CT molecular complexity index is 1540. The van der Waals surface area contributed by atoms with E-state index in [-0.39, 0.29) is 24.4 Å². The molecule has 1 saturated carbocycles. The fourth-order valence-corrected chi connectivity index (χ4v) is 5.98. The van der Waals surface area contributed by atoms with Crippen LogP contribution in [-0.2, 0) is 11.3 Å². The molecule has 0 atom stereocenters. The van der Waals surface area contributed by atoms with Gasteiger partial charge in [-0.1, -0.05) is 6.07 Å². The zero-order valence-electron chi connectivity index (χ0n) is 23.8. The second kappa shape index (κ2) is 13.7. The molecule has 4 aromatic rings. The number of hydrogen-bond acceptors (Lipinski definition) is 9. The Morgan fingerprint density at radius 1 is 1.02 bits per heavy atom. The smallest absolute Gasteiger partial charge is 0.319 e. The topological polar surface area (TPSA) is 112 Å². The monoisotopic (exact) mass is 606 g/mol. The number of aliphatic hydroxyl groups excluding tert-OH is 1. The molecule has 12 heteroatoms. The number of ether oxygens (including phenoxy) is 2. The van der Waals surface area contributed by atoms with E-state index >= 15 is 0 Å². The highest BCUT2D eigenvalue weighted by atomic mass is 32.1. The molecule has 0 bridgehead atoms. The van der Waals surface area contributed by atoms with Crippen molar-refractivity contribution >= 4 is 33.3 Å². The van der Waals surface area contributed by atoms with Gasteiger partial charge in [0.15, 0.2) is 11.6 Å². The summed E-state index contributed by atoms with van der Waals surface area (Å²) in [6.45, 7) is 6.81. The molecule has 3 N–H and O–H groups in total. The van der Waals surface area contributed by atoms with Crippen molar-refractivity contribution in [3.8, 4) is 22.1 Å². The van der Waals surface area contributed by atoms with Crippen molar-refractivity contribution in [3.05, 3.63) is 66.2 Å². The van der Waals surface area contributed by atoms with Crippen molar-refractivity contribution < 1.29 is 23.8 Å². The summed E-state index contributed by atoms with van der Waals surface area (Å²) >= 11 is 1.50. The Kier molecular flexibility index (Phi) is 9.39. The van der Waals surface area contributed by atoms with Crippen LogP contribution >= 0.6 is 11.3 Å². The maximum Gasteiger partial charge on any atom is 0.319 e. The Labute approximate surface area is 253 Å². The van der Waals surface area contributed by atoms with Crippen LogP contribution in [0.15, 0.2) is 54.9 Å². The highest BCUT2D eigenvalue weighted by molar-refractivity contribution is 7.22. The van der Waals surface area contributed by atoms with E-state index in [1.807, 2.05) is 18.3 Å². The summed E-state index contributed by atoms with van der Waals surface area (Å²) in [4.78, 5) is 27.0. The molecule has 4 heterocycles. The number of carbonyl (C=O) groups excluding carboxylic acids is 1. The van der Waals surface area contributed by atoms with Crippen LogP contribution in [0.5, 0.6) is 11.5 Å². The van der Waals surface area contributed by atoms with Crippen molar-refractivity contribution in [1.82, 2.24) is 25.1 Å². The van der Waals surface area contributed by atoms with Gasteiger partial charge in [-0.2, -0.15) is 0 Å². The maximum absolute atomic E-state index is 14.9. The van der Waals surface area contributed by atoms with E-state index in [0.29, 0.717) is 24.7 Å². The molecule has 1 aromatic carbocycles. The zero-order chi connectivity index (χ0) is 29.6. The fourth-order valence-electron chi connectivity index (χ4n) is 4.93. The SMILES string of the molecule is O=C(Nc1ccc(Oc2ccnc3cc(-c4ccc(CN5CCN(CCOCCO)CC5)cn4)sc23)c(F)c1)NC1CC1. The number of pyridine rings is 2. The average Bonchev–Trinajstić information content (AvgIpc) is 3.71. The number of anilines is 1. The second-order valence-corrected chi connectivity index (χ2v) is 11.8. The molecule has 10 nitrogen and oxygen atoms in total. The van der Waals surface area contributed by atoms with E-state index in [1.165, 1.54) is 23.5 Å². The van der Waals surface area contributed by atoms with Gasteiger partial charge in [-0.3, -0.25) is 19.8 Å². The first-order valence-electron chi connectivity index (χ1n) is 14.6. The van der Waals surface area contributed by atoms with Crippen molar-refractivity contribution in [2.75, 3.05) is 57.9 Å². The Balaban J connectivity index is 1.06. The van der Waals surface area contributed by atoms with Crippen LogP contribution in [0.3, 0.4) is 0 Å². The van der Waals surface area contributed by atoms with E-state index < -0.39 is 5.82 Å². The van der Waals surface area contributed by atoms with Crippen LogP contribution in [0.4, 0.5) is 14.9 Å². The summed E-state index contributed by atoms with van der Waals surface area (Å²) in [6.07, 6.45) is 5.52. The molecular weight excluding hydrogens is 571 g/mol. The third-order valence-corrected chi connectivity index (χ3v) is 8.60. The number of nitrogens with zero attached hydrogens (tertiary/aromatic N) is 4. The Morgan fingerprint density at radius 3 is 2.60 bits per heavy atom. The summed E-state index contributed by atoms with van der Waals surface area (Å²) in [7, 11) is 0. The highest BCUT2D eigenvalue weighted by Crippen LogP contribution is 2.39. The molecule has 1 aliphatic carbocycles. The van der Waals surface area contributed by atoms with Gasteiger partial charge >= 0.3 is 6.03 Å². The number of hydrogen-bond donors (Lipinski definition) is 3. The molecule has 0 spiro atoms. The quantitative estimate of drug-likeness (QED) is 0.199. The number of urea groups is 1. The lowest BCUT2D eigenvalue weighted by atomic mass is 10.2. The van der Waals surface area contributed by atoms with E-state index in [0.717, 1.165) is 78.5 Å². The standard InChI is InChI=1S/C31H35FN6O4S/c32-24-17-23(36-31(40)35-22-2-3-22)4-6-27(24)42-28-7-8-33-26-18-29(43-30(26)28)25-5-1-21(19-34-25)20-38-11-9-37(10-12-38)13-15-41-16-14-39/h1,4-8,17-19,22,39H,2-3,9-16,20H2,(H2,35,36,40). The van der Waals surface area contributed by atoms with Crippen LogP contribution in [0.25, 0.3) is 20.8 Å².